The summed E-state index contributed by atoms with van der Waals surface area (Å²) in [7, 11) is 0. The van der Waals surface area contributed by atoms with Crippen LogP contribution in [0.25, 0.3) is 0 Å². The van der Waals surface area contributed by atoms with Gasteiger partial charge in [-0.05, 0) is 25.9 Å². The standard InChI is InChI=1S/C7H16N2O/c8-3-6-10-7-1-4-9-5-2-7/h7,9H,1-6,8H2. The lowest BCUT2D eigenvalue weighted by Gasteiger charge is -2.22. The first-order valence-corrected chi connectivity index (χ1v) is 3.96. The van der Waals surface area contributed by atoms with E-state index >= 15 is 0 Å². The van der Waals surface area contributed by atoms with Gasteiger partial charge in [-0.15, -0.1) is 0 Å². The largest absolute Gasteiger partial charge is 0.377 e. The van der Waals surface area contributed by atoms with Gasteiger partial charge in [-0.25, -0.2) is 0 Å². The fourth-order valence-electron chi connectivity index (χ4n) is 1.20. The Morgan fingerprint density at radius 1 is 1.40 bits per heavy atom. The molecule has 0 unspecified atom stereocenters. The summed E-state index contributed by atoms with van der Waals surface area (Å²) in [6, 6.07) is 0. The number of piperidine rings is 1. The quantitative estimate of drug-likeness (QED) is 0.572. The molecule has 0 spiro atoms. The molecule has 1 fully saturated rings. The van der Waals surface area contributed by atoms with Crippen LogP contribution in [0.4, 0.5) is 0 Å². The second-order valence-electron chi connectivity index (χ2n) is 2.61. The van der Waals surface area contributed by atoms with E-state index in [1.54, 1.807) is 0 Å². The first kappa shape index (κ1) is 7.98. The normalized spacial score (nSPS) is 21.3. The molecular formula is C7H16N2O. The van der Waals surface area contributed by atoms with Gasteiger partial charge in [0.2, 0.25) is 0 Å². The molecule has 0 radical (unpaired) electrons. The number of hydrogen-bond donors (Lipinski definition) is 2. The second-order valence-corrected chi connectivity index (χ2v) is 2.61. The fraction of sp³-hybridized carbons (Fsp3) is 1.00. The molecule has 0 aliphatic carbocycles. The van der Waals surface area contributed by atoms with Crippen LogP contribution < -0.4 is 11.1 Å². The predicted molar refractivity (Wildman–Crippen MR) is 40.9 cm³/mol. The van der Waals surface area contributed by atoms with E-state index in [0.29, 0.717) is 19.3 Å². The van der Waals surface area contributed by atoms with Crippen LogP contribution in [0.1, 0.15) is 12.8 Å². The average molecular weight is 144 g/mol. The molecule has 0 amide bonds. The molecule has 1 aliphatic heterocycles. The Kier molecular flexibility index (Phi) is 3.72. The zero-order valence-electron chi connectivity index (χ0n) is 6.31. The first-order chi connectivity index (χ1) is 4.93. The van der Waals surface area contributed by atoms with Crippen molar-refractivity contribution < 1.29 is 4.74 Å². The Hall–Kier alpha value is -0.120. The van der Waals surface area contributed by atoms with Crippen molar-refractivity contribution in [3.63, 3.8) is 0 Å². The molecular weight excluding hydrogens is 128 g/mol. The molecule has 1 heterocycles. The monoisotopic (exact) mass is 144 g/mol. The van der Waals surface area contributed by atoms with Gasteiger partial charge in [-0.2, -0.15) is 0 Å². The molecule has 1 aliphatic rings. The minimum atomic E-state index is 0.463. The molecule has 1 rings (SSSR count). The molecule has 3 nitrogen and oxygen atoms in total. The van der Waals surface area contributed by atoms with Crippen molar-refractivity contribution >= 4 is 0 Å². The van der Waals surface area contributed by atoms with Crippen molar-refractivity contribution in [2.45, 2.75) is 18.9 Å². The average Bonchev–Trinajstić information content (AvgIpc) is 2.03. The molecule has 0 aromatic heterocycles. The van der Waals surface area contributed by atoms with Crippen molar-refractivity contribution in [1.29, 1.82) is 0 Å². The van der Waals surface area contributed by atoms with Crippen molar-refractivity contribution in [2.75, 3.05) is 26.2 Å². The molecule has 0 bridgehead atoms. The zero-order chi connectivity index (χ0) is 7.23. The van der Waals surface area contributed by atoms with Crippen LogP contribution in [0.2, 0.25) is 0 Å². The highest BCUT2D eigenvalue weighted by atomic mass is 16.5. The van der Waals surface area contributed by atoms with E-state index in [1.165, 1.54) is 0 Å². The molecule has 0 saturated carbocycles. The van der Waals surface area contributed by atoms with Crippen LogP contribution in [0.5, 0.6) is 0 Å². The minimum Gasteiger partial charge on any atom is -0.377 e. The van der Waals surface area contributed by atoms with Crippen LogP contribution in [0.3, 0.4) is 0 Å². The van der Waals surface area contributed by atoms with Crippen LogP contribution in [0.15, 0.2) is 0 Å². The molecule has 60 valence electrons. The van der Waals surface area contributed by atoms with Gasteiger partial charge in [-0.1, -0.05) is 0 Å². The predicted octanol–water partition coefficient (Wildman–Crippen LogP) is -0.286. The molecule has 1 saturated heterocycles. The van der Waals surface area contributed by atoms with Gasteiger partial charge < -0.3 is 15.8 Å². The maximum Gasteiger partial charge on any atom is 0.0600 e. The molecule has 3 N–H and O–H groups in total. The van der Waals surface area contributed by atoms with E-state index in [2.05, 4.69) is 5.32 Å². The third kappa shape index (κ3) is 2.64. The van der Waals surface area contributed by atoms with Crippen molar-refractivity contribution in [1.82, 2.24) is 5.32 Å². The second kappa shape index (κ2) is 4.66. The number of rotatable bonds is 3. The van der Waals surface area contributed by atoms with Crippen molar-refractivity contribution in [2.24, 2.45) is 5.73 Å². The van der Waals surface area contributed by atoms with Gasteiger partial charge in [0.1, 0.15) is 0 Å². The number of nitrogens with two attached hydrogens (primary N) is 1. The van der Waals surface area contributed by atoms with Gasteiger partial charge in [0.05, 0.1) is 12.7 Å². The topological polar surface area (TPSA) is 47.3 Å². The third-order valence-corrected chi connectivity index (χ3v) is 1.76. The Morgan fingerprint density at radius 2 is 2.10 bits per heavy atom. The van der Waals surface area contributed by atoms with Gasteiger partial charge >= 0.3 is 0 Å². The van der Waals surface area contributed by atoms with E-state index in [-0.39, 0.29) is 0 Å². The van der Waals surface area contributed by atoms with Crippen LogP contribution in [-0.2, 0) is 4.74 Å². The van der Waals surface area contributed by atoms with Gasteiger partial charge in [0.15, 0.2) is 0 Å². The summed E-state index contributed by atoms with van der Waals surface area (Å²) < 4.78 is 5.47. The highest BCUT2D eigenvalue weighted by Gasteiger charge is 2.11. The first-order valence-electron chi connectivity index (χ1n) is 3.96. The molecule has 0 aromatic rings. The highest BCUT2D eigenvalue weighted by molar-refractivity contribution is 4.67. The SMILES string of the molecule is NCCOC1CCNCC1. The Balaban J connectivity index is 2.02. The summed E-state index contributed by atoms with van der Waals surface area (Å²) in [6.07, 6.45) is 2.74. The Morgan fingerprint density at radius 3 is 2.70 bits per heavy atom. The van der Waals surface area contributed by atoms with E-state index < -0.39 is 0 Å². The van der Waals surface area contributed by atoms with E-state index in [9.17, 15) is 0 Å². The number of nitrogens with one attached hydrogen (secondary N) is 1. The van der Waals surface area contributed by atoms with Gasteiger partial charge in [-0.3, -0.25) is 0 Å². The summed E-state index contributed by atoms with van der Waals surface area (Å²) >= 11 is 0. The summed E-state index contributed by atoms with van der Waals surface area (Å²) in [6.45, 7) is 3.54. The van der Waals surface area contributed by atoms with E-state index in [1.807, 2.05) is 0 Å². The third-order valence-electron chi connectivity index (χ3n) is 1.76. The maximum atomic E-state index is 5.47. The summed E-state index contributed by atoms with van der Waals surface area (Å²) in [5.74, 6) is 0. The highest BCUT2D eigenvalue weighted by Crippen LogP contribution is 2.05. The van der Waals surface area contributed by atoms with E-state index in [4.69, 9.17) is 10.5 Å². The van der Waals surface area contributed by atoms with E-state index in [0.717, 1.165) is 25.9 Å². The summed E-state index contributed by atoms with van der Waals surface area (Å²) in [5.41, 5.74) is 5.31. The van der Waals surface area contributed by atoms with Crippen LogP contribution in [-0.4, -0.2) is 32.3 Å². The lowest BCUT2D eigenvalue weighted by molar-refractivity contribution is 0.0379. The Bertz CT molecular complexity index is 81.7. The maximum absolute atomic E-state index is 5.47. The fourth-order valence-corrected chi connectivity index (χ4v) is 1.20. The Labute approximate surface area is 61.9 Å². The van der Waals surface area contributed by atoms with Crippen molar-refractivity contribution in [3.8, 4) is 0 Å². The zero-order valence-corrected chi connectivity index (χ0v) is 6.31. The lowest BCUT2D eigenvalue weighted by Crippen LogP contribution is -2.33. The van der Waals surface area contributed by atoms with Crippen LogP contribution >= 0.6 is 0 Å². The van der Waals surface area contributed by atoms with Gasteiger partial charge in [0, 0.05) is 6.54 Å². The van der Waals surface area contributed by atoms with Gasteiger partial charge in [0.25, 0.3) is 0 Å². The van der Waals surface area contributed by atoms with Crippen molar-refractivity contribution in [3.05, 3.63) is 0 Å². The smallest absolute Gasteiger partial charge is 0.0600 e. The number of hydrogen-bond acceptors (Lipinski definition) is 3. The number of ether oxygens (including phenoxy) is 1. The summed E-state index contributed by atoms with van der Waals surface area (Å²) in [4.78, 5) is 0. The lowest BCUT2D eigenvalue weighted by atomic mass is 10.1. The summed E-state index contributed by atoms with van der Waals surface area (Å²) in [5, 5.41) is 3.28. The molecule has 0 aromatic carbocycles. The molecule has 0 atom stereocenters. The molecule has 10 heavy (non-hydrogen) atoms. The van der Waals surface area contributed by atoms with Crippen LogP contribution in [0, 0.1) is 0 Å². The minimum absolute atomic E-state index is 0.463. The molecule has 3 heteroatoms.